The minimum Gasteiger partial charge on any atom is -0.459 e. The molecule has 0 fully saturated rings. The van der Waals surface area contributed by atoms with Gasteiger partial charge in [0.05, 0.1) is 0 Å². The van der Waals surface area contributed by atoms with Crippen LogP contribution in [0.2, 0.25) is 10.0 Å². The zero-order valence-corrected chi connectivity index (χ0v) is 14.3. The highest BCUT2D eigenvalue weighted by Crippen LogP contribution is 2.21. The van der Waals surface area contributed by atoms with Crippen LogP contribution in [0.3, 0.4) is 0 Å². The standard InChI is InChI=1S/C17H12Cl2N2O4/c18-13-7-6-12(14(19)8-13)10-24-15(22)9-21-17(23)25-16(20-21)11-4-2-1-3-5-11/h1-8H,9-10H2. The number of esters is 1. The third-order valence-electron chi connectivity index (χ3n) is 3.31. The molecular weight excluding hydrogens is 367 g/mol. The molecule has 0 spiro atoms. The van der Waals surface area contributed by atoms with Crippen molar-refractivity contribution < 1.29 is 13.9 Å². The van der Waals surface area contributed by atoms with Gasteiger partial charge < -0.3 is 9.15 Å². The first-order chi connectivity index (χ1) is 12.0. The summed E-state index contributed by atoms with van der Waals surface area (Å²) in [5, 5.41) is 4.88. The highest BCUT2D eigenvalue weighted by molar-refractivity contribution is 6.35. The van der Waals surface area contributed by atoms with Crippen LogP contribution < -0.4 is 5.76 Å². The van der Waals surface area contributed by atoms with Gasteiger partial charge in [-0.15, -0.1) is 5.10 Å². The summed E-state index contributed by atoms with van der Waals surface area (Å²) in [6.07, 6.45) is 0. The van der Waals surface area contributed by atoms with Crippen molar-refractivity contribution in [1.29, 1.82) is 0 Å². The molecule has 2 aromatic carbocycles. The predicted molar refractivity (Wildman–Crippen MR) is 92.5 cm³/mol. The fraction of sp³-hybridized carbons (Fsp3) is 0.118. The molecular formula is C17H12Cl2N2O4. The van der Waals surface area contributed by atoms with Crippen molar-refractivity contribution >= 4 is 29.2 Å². The van der Waals surface area contributed by atoms with Gasteiger partial charge in [-0.1, -0.05) is 47.5 Å². The van der Waals surface area contributed by atoms with E-state index < -0.39 is 11.7 Å². The van der Waals surface area contributed by atoms with E-state index in [0.29, 0.717) is 21.2 Å². The number of nitrogens with zero attached hydrogens (tertiary/aromatic N) is 2. The minimum atomic E-state index is -0.736. The molecule has 1 heterocycles. The van der Waals surface area contributed by atoms with Gasteiger partial charge in [0, 0.05) is 21.2 Å². The van der Waals surface area contributed by atoms with Crippen LogP contribution in [0.4, 0.5) is 0 Å². The van der Waals surface area contributed by atoms with Gasteiger partial charge >= 0.3 is 11.7 Å². The molecule has 128 valence electrons. The summed E-state index contributed by atoms with van der Waals surface area (Å²) in [6.45, 7) is -0.395. The molecule has 0 unspecified atom stereocenters. The number of aromatic nitrogens is 2. The lowest BCUT2D eigenvalue weighted by Gasteiger charge is -2.06. The Morgan fingerprint density at radius 2 is 1.92 bits per heavy atom. The second-order valence-electron chi connectivity index (χ2n) is 5.09. The fourth-order valence-electron chi connectivity index (χ4n) is 2.07. The molecule has 0 aliphatic heterocycles. The maximum Gasteiger partial charge on any atom is 0.437 e. The number of ether oxygens (including phenoxy) is 1. The number of rotatable bonds is 5. The molecule has 0 bridgehead atoms. The van der Waals surface area contributed by atoms with Gasteiger partial charge in [-0.05, 0) is 24.3 Å². The molecule has 0 amide bonds. The van der Waals surface area contributed by atoms with Crippen molar-refractivity contribution in [3.8, 4) is 11.5 Å². The topological polar surface area (TPSA) is 74.3 Å². The average molecular weight is 379 g/mol. The summed E-state index contributed by atoms with van der Waals surface area (Å²) in [4.78, 5) is 23.7. The van der Waals surface area contributed by atoms with E-state index in [0.717, 1.165) is 4.68 Å². The van der Waals surface area contributed by atoms with Crippen molar-refractivity contribution in [2.75, 3.05) is 0 Å². The first kappa shape index (κ1) is 17.3. The Morgan fingerprint density at radius 1 is 1.16 bits per heavy atom. The summed E-state index contributed by atoms with van der Waals surface area (Å²) < 4.78 is 11.1. The molecule has 0 radical (unpaired) electrons. The van der Waals surface area contributed by atoms with Gasteiger partial charge in [0.2, 0.25) is 5.89 Å². The van der Waals surface area contributed by atoms with E-state index in [1.54, 1.807) is 42.5 Å². The lowest BCUT2D eigenvalue weighted by Crippen LogP contribution is -2.23. The van der Waals surface area contributed by atoms with E-state index in [-0.39, 0.29) is 19.0 Å². The number of hydrogen-bond donors (Lipinski definition) is 0. The zero-order chi connectivity index (χ0) is 17.8. The molecule has 0 saturated carbocycles. The maximum absolute atomic E-state index is 11.9. The van der Waals surface area contributed by atoms with Gasteiger partial charge in [-0.3, -0.25) is 4.79 Å². The highest BCUT2D eigenvalue weighted by Gasteiger charge is 2.14. The Hall–Kier alpha value is -2.57. The third kappa shape index (κ3) is 4.29. The van der Waals surface area contributed by atoms with Crippen LogP contribution in [-0.2, 0) is 22.7 Å². The van der Waals surface area contributed by atoms with Crippen molar-refractivity contribution in [2.24, 2.45) is 0 Å². The largest absolute Gasteiger partial charge is 0.459 e. The first-order valence-corrected chi connectivity index (χ1v) is 8.01. The van der Waals surface area contributed by atoms with E-state index >= 15 is 0 Å². The molecule has 6 nitrogen and oxygen atoms in total. The van der Waals surface area contributed by atoms with E-state index in [9.17, 15) is 9.59 Å². The lowest BCUT2D eigenvalue weighted by atomic mass is 10.2. The van der Waals surface area contributed by atoms with E-state index in [2.05, 4.69) is 5.10 Å². The molecule has 25 heavy (non-hydrogen) atoms. The van der Waals surface area contributed by atoms with E-state index in [4.69, 9.17) is 32.4 Å². The molecule has 0 aliphatic carbocycles. The summed E-state index contributed by atoms with van der Waals surface area (Å²) in [5.41, 5.74) is 1.25. The highest BCUT2D eigenvalue weighted by atomic mass is 35.5. The SMILES string of the molecule is O=C(Cn1nc(-c2ccccc2)oc1=O)OCc1ccc(Cl)cc1Cl. The number of benzene rings is 2. The smallest absolute Gasteiger partial charge is 0.437 e. The molecule has 1 aromatic heterocycles. The third-order valence-corrected chi connectivity index (χ3v) is 3.90. The molecule has 3 aromatic rings. The molecule has 0 aliphatic rings. The Morgan fingerprint density at radius 3 is 2.64 bits per heavy atom. The normalized spacial score (nSPS) is 10.6. The molecule has 0 N–H and O–H groups in total. The number of carbonyl (C=O) groups is 1. The zero-order valence-electron chi connectivity index (χ0n) is 12.8. The van der Waals surface area contributed by atoms with Gasteiger partial charge in [0.15, 0.2) is 0 Å². The van der Waals surface area contributed by atoms with Crippen LogP contribution in [0.5, 0.6) is 0 Å². The van der Waals surface area contributed by atoms with Gasteiger partial charge in [0.1, 0.15) is 13.2 Å². The summed E-state index contributed by atoms with van der Waals surface area (Å²) >= 11 is 11.8. The fourth-order valence-corrected chi connectivity index (χ4v) is 2.53. The van der Waals surface area contributed by atoms with Crippen LogP contribution in [-0.4, -0.2) is 15.7 Å². The first-order valence-electron chi connectivity index (χ1n) is 7.26. The Kier molecular flexibility index (Phi) is 5.21. The van der Waals surface area contributed by atoms with Crippen molar-refractivity contribution in [2.45, 2.75) is 13.2 Å². The number of hydrogen-bond acceptors (Lipinski definition) is 5. The van der Waals surface area contributed by atoms with Gasteiger partial charge in [0.25, 0.3) is 0 Å². The Labute approximate surface area is 152 Å². The maximum atomic E-state index is 11.9. The Balaban J connectivity index is 1.65. The summed E-state index contributed by atoms with van der Waals surface area (Å²) in [5.74, 6) is -1.24. The quantitative estimate of drug-likeness (QED) is 0.634. The molecule has 0 saturated heterocycles. The number of halogens is 2. The summed E-state index contributed by atoms with van der Waals surface area (Å²) in [6, 6.07) is 13.8. The number of carbonyl (C=O) groups excluding carboxylic acids is 1. The van der Waals surface area contributed by atoms with E-state index in [1.807, 2.05) is 6.07 Å². The predicted octanol–water partition coefficient (Wildman–Crippen LogP) is 3.55. The summed E-state index contributed by atoms with van der Waals surface area (Å²) in [7, 11) is 0. The molecule has 8 heteroatoms. The van der Waals surface area contributed by atoms with Crippen LogP contribution in [0.15, 0.2) is 57.7 Å². The Bertz CT molecular complexity index is 951. The minimum absolute atomic E-state index is 0.0347. The van der Waals surface area contributed by atoms with Crippen LogP contribution >= 0.6 is 23.2 Å². The molecule has 3 rings (SSSR count). The lowest BCUT2D eigenvalue weighted by molar-refractivity contribution is -0.146. The van der Waals surface area contributed by atoms with E-state index in [1.165, 1.54) is 0 Å². The molecule has 0 atom stereocenters. The van der Waals surface area contributed by atoms with Gasteiger partial charge in [-0.25, -0.2) is 4.79 Å². The second kappa shape index (κ2) is 7.55. The van der Waals surface area contributed by atoms with Crippen LogP contribution in [0, 0.1) is 0 Å². The van der Waals surface area contributed by atoms with Crippen LogP contribution in [0.25, 0.3) is 11.5 Å². The van der Waals surface area contributed by atoms with Crippen molar-refractivity contribution in [3.05, 3.63) is 74.7 Å². The van der Waals surface area contributed by atoms with Crippen LogP contribution in [0.1, 0.15) is 5.56 Å². The van der Waals surface area contributed by atoms with Crippen molar-refractivity contribution in [3.63, 3.8) is 0 Å². The van der Waals surface area contributed by atoms with Crippen molar-refractivity contribution in [1.82, 2.24) is 9.78 Å². The average Bonchev–Trinajstić information content (AvgIpc) is 2.95. The second-order valence-corrected chi connectivity index (χ2v) is 5.94. The monoisotopic (exact) mass is 378 g/mol. The van der Waals surface area contributed by atoms with Gasteiger partial charge in [-0.2, -0.15) is 4.68 Å².